The minimum absolute atomic E-state index is 0.166. The first-order valence-electron chi connectivity index (χ1n) is 9.30. The summed E-state index contributed by atoms with van der Waals surface area (Å²) in [6.07, 6.45) is 0.320. The summed E-state index contributed by atoms with van der Waals surface area (Å²) >= 11 is 1.15. The van der Waals surface area contributed by atoms with Gasteiger partial charge in [0, 0.05) is 25.5 Å². The average molecular weight is 436 g/mol. The Kier molecular flexibility index (Phi) is 5.54. The van der Waals surface area contributed by atoms with E-state index in [1.807, 2.05) is 0 Å². The van der Waals surface area contributed by atoms with E-state index in [9.17, 15) is 19.2 Å². The highest BCUT2D eigenvalue weighted by atomic mass is 32.1. The summed E-state index contributed by atoms with van der Waals surface area (Å²) < 4.78 is 4.98. The van der Waals surface area contributed by atoms with Gasteiger partial charge in [0.15, 0.2) is 0 Å². The van der Waals surface area contributed by atoms with Gasteiger partial charge >= 0.3 is 5.97 Å². The molecule has 31 heavy (non-hydrogen) atoms. The van der Waals surface area contributed by atoms with Crippen LogP contribution in [0, 0.1) is 0 Å². The summed E-state index contributed by atoms with van der Waals surface area (Å²) in [6, 6.07) is 12.9. The van der Waals surface area contributed by atoms with Crippen molar-refractivity contribution in [3.8, 4) is 5.75 Å². The number of aromatic nitrogens is 2. The first-order chi connectivity index (χ1) is 14.9. The largest absolute Gasteiger partial charge is 0.427 e. The molecular formula is C21H16N4O5S. The number of rotatable bonds is 6. The summed E-state index contributed by atoms with van der Waals surface area (Å²) in [5.41, 5.74) is 1.09. The molecule has 0 unspecified atom stereocenters. The first kappa shape index (κ1) is 20.4. The molecule has 1 aliphatic heterocycles. The van der Waals surface area contributed by atoms with Gasteiger partial charge in [-0.3, -0.25) is 29.4 Å². The molecule has 0 bridgehead atoms. The maximum Gasteiger partial charge on any atom is 0.308 e. The lowest BCUT2D eigenvalue weighted by atomic mass is 10.1. The van der Waals surface area contributed by atoms with E-state index >= 15 is 0 Å². The zero-order valence-electron chi connectivity index (χ0n) is 16.3. The summed E-state index contributed by atoms with van der Waals surface area (Å²) in [6.45, 7) is 1.44. The third-order valence-electron chi connectivity index (χ3n) is 4.47. The number of esters is 1. The highest BCUT2D eigenvalue weighted by Crippen LogP contribution is 2.24. The van der Waals surface area contributed by atoms with Gasteiger partial charge < -0.3 is 4.74 Å². The molecule has 2 heterocycles. The fourth-order valence-corrected chi connectivity index (χ4v) is 3.81. The van der Waals surface area contributed by atoms with Crippen LogP contribution < -0.4 is 10.1 Å². The van der Waals surface area contributed by atoms with E-state index in [1.54, 1.807) is 42.5 Å². The topological polar surface area (TPSA) is 119 Å². The predicted octanol–water partition coefficient (Wildman–Crippen LogP) is 2.55. The molecule has 1 N–H and O–H groups in total. The van der Waals surface area contributed by atoms with Crippen molar-refractivity contribution in [2.24, 2.45) is 0 Å². The Hall–Kier alpha value is -3.92. The van der Waals surface area contributed by atoms with Crippen molar-refractivity contribution >= 4 is 40.2 Å². The second kappa shape index (κ2) is 8.44. The van der Waals surface area contributed by atoms with E-state index in [0.717, 1.165) is 11.3 Å². The third kappa shape index (κ3) is 4.33. The zero-order chi connectivity index (χ0) is 22.0. The number of anilines is 1. The maximum atomic E-state index is 12.4. The number of nitrogens with one attached hydrogen (secondary N) is 1. The summed E-state index contributed by atoms with van der Waals surface area (Å²) in [4.78, 5) is 49.5. The molecule has 9 nitrogen and oxygen atoms in total. The molecule has 156 valence electrons. The van der Waals surface area contributed by atoms with E-state index < -0.39 is 11.9 Å². The number of fused-ring (bicyclic) bond motifs is 1. The molecule has 3 aromatic rings. The predicted molar refractivity (Wildman–Crippen MR) is 111 cm³/mol. The van der Waals surface area contributed by atoms with Crippen molar-refractivity contribution < 1.29 is 23.9 Å². The molecule has 10 heteroatoms. The average Bonchev–Trinajstić information content (AvgIpc) is 3.29. The van der Waals surface area contributed by atoms with E-state index in [0.29, 0.717) is 28.1 Å². The fraction of sp³-hybridized carbons (Fsp3) is 0.143. The molecule has 3 amide bonds. The SMILES string of the molecule is CC(=O)Oc1cccc(C(=O)Nc2nnc(CCN3C(=O)c4ccccc4C3=O)s2)c1. The van der Waals surface area contributed by atoms with E-state index in [-0.39, 0.29) is 29.2 Å². The van der Waals surface area contributed by atoms with Crippen LogP contribution in [0.4, 0.5) is 5.13 Å². The highest BCUT2D eigenvalue weighted by Gasteiger charge is 2.34. The molecule has 1 aliphatic rings. The summed E-state index contributed by atoms with van der Waals surface area (Å²) in [7, 11) is 0. The molecule has 0 spiro atoms. The fourth-order valence-electron chi connectivity index (χ4n) is 3.09. The van der Waals surface area contributed by atoms with Gasteiger partial charge in [-0.15, -0.1) is 10.2 Å². The number of carbonyl (C=O) groups excluding carboxylic acids is 4. The van der Waals surface area contributed by atoms with Gasteiger partial charge in [0.25, 0.3) is 17.7 Å². The van der Waals surface area contributed by atoms with E-state index in [2.05, 4.69) is 15.5 Å². The number of nitrogens with zero attached hydrogens (tertiary/aromatic N) is 3. The molecule has 0 radical (unpaired) electrons. The Morgan fingerprint density at radius 1 is 1.03 bits per heavy atom. The maximum absolute atomic E-state index is 12.4. The number of hydrogen-bond acceptors (Lipinski definition) is 8. The standard InChI is InChI=1S/C21H16N4O5S/c1-12(26)30-14-6-4-5-13(11-14)18(27)22-21-24-23-17(31-21)9-10-25-19(28)15-7-2-3-8-16(15)20(25)29/h2-8,11H,9-10H2,1H3,(H,22,24,27). The quantitative estimate of drug-likeness (QED) is 0.358. The minimum Gasteiger partial charge on any atom is -0.427 e. The lowest BCUT2D eigenvalue weighted by Crippen LogP contribution is -2.31. The molecule has 0 atom stereocenters. The molecular weight excluding hydrogens is 420 g/mol. The Bertz CT molecular complexity index is 1170. The lowest BCUT2D eigenvalue weighted by Gasteiger charge is -2.12. The van der Waals surface area contributed by atoms with Crippen LogP contribution in [0.1, 0.15) is 43.0 Å². The van der Waals surface area contributed by atoms with Crippen molar-refractivity contribution in [3.63, 3.8) is 0 Å². The van der Waals surface area contributed by atoms with Crippen molar-refractivity contribution in [2.75, 3.05) is 11.9 Å². The number of hydrogen-bond donors (Lipinski definition) is 1. The molecule has 0 fully saturated rings. The van der Waals surface area contributed by atoms with Gasteiger partial charge in [0.05, 0.1) is 11.1 Å². The van der Waals surface area contributed by atoms with Gasteiger partial charge in [-0.1, -0.05) is 29.5 Å². The van der Waals surface area contributed by atoms with Crippen molar-refractivity contribution in [3.05, 3.63) is 70.2 Å². The molecule has 2 aromatic carbocycles. The summed E-state index contributed by atoms with van der Waals surface area (Å²) in [5, 5.41) is 11.4. The number of imide groups is 1. The Morgan fingerprint density at radius 2 is 1.74 bits per heavy atom. The second-order valence-electron chi connectivity index (χ2n) is 6.63. The van der Waals surface area contributed by atoms with Crippen LogP contribution in [-0.4, -0.2) is 45.3 Å². The molecule has 0 saturated carbocycles. The minimum atomic E-state index is -0.482. The molecule has 1 aromatic heterocycles. The van der Waals surface area contributed by atoms with Crippen LogP contribution in [0.15, 0.2) is 48.5 Å². The second-order valence-corrected chi connectivity index (χ2v) is 7.70. The van der Waals surface area contributed by atoms with Crippen LogP contribution in [0.2, 0.25) is 0 Å². The number of ether oxygens (including phenoxy) is 1. The Morgan fingerprint density at radius 3 is 2.42 bits per heavy atom. The van der Waals surface area contributed by atoms with Crippen molar-refractivity contribution in [1.82, 2.24) is 15.1 Å². The molecule has 0 aliphatic carbocycles. The molecule has 0 saturated heterocycles. The van der Waals surface area contributed by atoms with E-state index in [1.165, 1.54) is 17.9 Å². The lowest BCUT2D eigenvalue weighted by molar-refractivity contribution is -0.131. The number of benzene rings is 2. The van der Waals surface area contributed by atoms with Crippen molar-refractivity contribution in [2.45, 2.75) is 13.3 Å². The molecule has 4 rings (SSSR count). The third-order valence-corrected chi connectivity index (χ3v) is 5.37. The smallest absolute Gasteiger partial charge is 0.308 e. The van der Waals surface area contributed by atoms with Gasteiger partial charge in [0.1, 0.15) is 10.8 Å². The van der Waals surface area contributed by atoms with Crippen molar-refractivity contribution in [1.29, 1.82) is 0 Å². The number of carbonyl (C=O) groups is 4. The van der Waals surface area contributed by atoms with Crippen LogP contribution in [0.5, 0.6) is 5.75 Å². The van der Waals surface area contributed by atoms with Crippen LogP contribution in [-0.2, 0) is 11.2 Å². The first-order valence-corrected chi connectivity index (χ1v) is 10.1. The van der Waals surface area contributed by atoms with Crippen LogP contribution >= 0.6 is 11.3 Å². The number of amides is 3. The van der Waals surface area contributed by atoms with Crippen LogP contribution in [0.25, 0.3) is 0 Å². The van der Waals surface area contributed by atoms with Gasteiger partial charge in [-0.05, 0) is 30.3 Å². The zero-order valence-corrected chi connectivity index (χ0v) is 17.1. The monoisotopic (exact) mass is 436 g/mol. The van der Waals surface area contributed by atoms with Gasteiger partial charge in [0.2, 0.25) is 5.13 Å². The van der Waals surface area contributed by atoms with Gasteiger partial charge in [-0.2, -0.15) is 0 Å². The van der Waals surface area contributed by atoms with E-state index in [4.69, 9.17) is 4.74 Å². The normalized spacial score (nSPS) is 12.6. The Labute approximate surface area is 180 Å². The summed E-state index contributed by atoms with van der Waals surface area (Å²) in [5.74, 6) is -1.31. The van der Waals surface area contributed by atoms with Crippen LogP contribution in [0.3, 0.4) is 0 Å². The highest BCUT2D eigenvalue weighted by molar-refractivity contribution is 7.15. The Balaban J connectivity index is 1.37. The van der Waals surface area contributed by atoms with Gasteiger partial charge in [-0.25, -0.2) is 0 Å².